The van der Waals surface area contributed by atoms with Crippen LogP contribution in [0, 0.1) is 6.92 Å². The summed E-state index contributed by atoms with van der Waals surface area (Å²) < 4.78 is 2.13. The van der Waals surface area contributed by atoms with Crippen molar-refractivity contribution in [3.8, 4) is 0 Å². The molecular weight excluding hydrogens is 160 g/mol. The van der Waals surface area contributed by atoms with Gasteiger partial charge in [-0.15, -0.1) is 0 Å². The molecule has 0 aliphatic heterocycles. The number of nitrogens with zero attached hydrogens (tertiary/aromatic N) is 2. The molecule has 2 aromatic heterocycles. The van der Waals surface area contributed by atoms with Crippen LogP contribution >= 0.6 is 0 Å². The average Bonchev–Trinajstić information content (AvgIpc) is 2.62. The Morgan fingerprint density at radius 3 is 2.62 bits per heavy atom. The summed E-state index contributed by atoms with van der Waals surface area (Å²) in [4.78, 5) is 4.25. The van der Waals surface area contributed by atoms with Crippen LogP contribution < -0.4 is 0 Å². The molecule has 0 aromatic carbocycles. The van der Waals surface area contributed by atoms with Crippen LogP contribution in [0.3, 0.4) is 0 Å². The van der Waals surface area contributed by atoms with E-state index in [9.17, 15) is 0 Å². The van der Waals surface area contributed by atoms with Crippen molar-refractivity contribution >= 4 is 0 Å². The monoisotopic (exact) mass is 172 g/mol. The Balaban J connectivity index is 2.15. The molecule has 0 aliphatic carbocycles. The predicted octanol–water partition coefficient (Wildman–Crippen LogP) is 2.24. The van der Waals surface area contributed by atoms with Crippen molar-refractivity contribution in [2.24, 2.45) is 0 Å². The molecule has 0 atom stereocenters. The topological polar surface area (TPSA) is 17.8 Å². The lowest BCUT2D eigenvalue weighted by atomic mass is 10.2. The lowest BCUT2D eigenvalue weighted by Crippen LogP contribution is -1.96. The molecule has 0 N–H and O–H groups in total. The maximum absolute atomic E-state index is 4.25. The normalized spacial score (nSPS) is 10.2. The number of hydrogen-bond acceptors (Lipinski definition) is 1. The quantitative estimate of drug-likeness (QED) is 0.679. The van der Waals surface area contributed by atoms with Gasteiger partial charge in [0.2, 0.25) is 0 Å². The fraction of sp³-hybridized carbons (Fsp3) is 0.182. The highest BCUT2D eigenvalue weighted by atomic mass is 14.9. The van der Waals surface area contributed by atoms with E-state index in [1.165, 1.54) is 5.56 Å². The van der Waals surface area contributed by atoms with Crippen LogP contribution in [0.15, 0.2) is 42.9 Å². The predicted molar refractivity (Wildman–Crippen MR) is 52.5 cm³/mol. The van der Waals surface area contributed by atoms with Crippen molar-refractivity contribution in [1.29, 1.82) is 0 Å². The number of hydrogen-bond donors (Lipinski definition) is 0. The molecule has 0 aliphatic rings. The maximum atomic E-state index is 4.25. The van der Waals surface area contributed by atoms with E-state index in [0.29, 0.717) is 0 Å². The van der Waals surface area contributed by atoms with E-state index in [-0.39, 0.29) is 0 Å². The standard InChI is InChI=1S/C11H12N2/c1-10-4-5-11(8-12-10)9-13-6-2-3-7-13/h2-8H,9H2,1H3. The van der Waals surface area contributed by atoms with Crippen molar-refractivity contribution in [2.45, 2.75) is 13.5 Å². The van der Waals surface area contributed by atoms with Crippen LogP contribution in [0.5, 0.6) is 0 Å². The fourth-order valence-corrected chi connectivity index (χ4v) is 1.28. The maximum Gasteiger partial charge on any atom is 0.0485 e. The molecule has 0 saturated carbocycles. The fourth-order valence-electron chi connectivity index (χ4n) is 1.28. The molecule has 0 spiro atoms. The van der Waals surface area contributed by atoms with E-state index in [2.05, 4.69) is 28.0 Å². The minimum atomic E-state index is 0.903. The van der Waals surface area contributed by atoms with Crippen molar-refractivity contribution in [3.05, 3.63) is 54.1 Å². The molecule has 0 saturated heterocycles. The van der Waals surface area contributed by atoms with E-state index < -0.39 is 0 Å². The Bertz CT molecular complexity index is 359. The van der Waals surface area contributed by atoms with Gasteiger partial charge < -0.3 is 4.57 Å². The third-order valence-corrected chi connectivity index (χ3v) is 2.00. The smallest absolute Gasteiger partial charge is 0.0485 e. The molecule has 13 heavy (non-hydrogen) atoms. The van der Waals surface area contributed by atoms with Crippen LogP contribution in [0.25, 0.3) is 0 Å². The minimum Gasteiger partial charge on any atom is -0.350 e. The first-order chi connectivity index (χ1) is 6.34. The summed E-state index contributed by atoms with van der Waals surface area (Å²) in [6, 6.07) is 8.21. The SMILES string of the molecule is Cc1ccc(Cn2cccc2)cn1. The second kappa shape index (κ2) is 3.44. The third-order valence-electron chi connectivity index (χ3n) is 2.00. The molecule has 0 unspecified atom stereocenters. The molecular formula is C11H12N2. The number of aryl methyl sites for hydroxylation is 1. The molecule has 2 rings (SSSR count). The summed E-state index contributed by atoms with van der Waals surface area (Å²) in [6.45, 7) is 2.90. The lowest BCUT2D eigenvalue weighted by Gasteiger charge is -2.02. The van der Waals surface area contributed by atoms with Crippen LogP contribution in [-0.4, -0.2) is 9.55 Å². The highest BCUT2D eigenvalue weighted by molar-refractivity contribution is 5.13. The third kappa shape index (κ3) is 1.96. The van der Waals surface area contributed by atoms with Crippen LogP contribution in [-0.2, 0) is 6.54 Å². The molecule has 2 heterocycles. The Kier molecular flexibility index (Phi) is 2.13. The molecule has 0 fully saturated rings. The second-order valence-corrected chi connectivity index (χ2v) is 3.16. The van der Waals surface area contributed by atoms with E-state index in [4.69, 9.17) is 0 Å². The van der Waals surface area contributed by atoms with Gasteiger partial charge in [-0.3, -0.25) is 4.98 Å². The Labute approximate surface area is 77.9 Å². The molecule has 0 bridgehead atoms. The van der Waals surface area contributed by atoms with Crippen molar-refractivity contribution in [3.63, 3.8) is 0 Å². The van der Waals surface area contributed by atoms with Gasteiger partial charge in [-0.25, -0.2) is 0 Å². The summed E-state index contributed by atoms with van der Waals surface area (Å²) in [7, 11) is 0. The molecule has 2 nitrogen and oxygen atoms in total. The molecule has 66 valence electrons. The van der Waals surface area contributed by atoms with Gasteiger partial charge in [0, 0.05) is 30.8 Å². The molecule has 2 heteroatoms. The first-order valence-electron chi connectivity index (χ1n) is 4.37. The lowest BCUT2D eigenvalue weighted by molar-refractivity contribution is 0.800. The van der Waals surface area contributed by atoms with Gasteiger partial charge in [0.1, 0.15) is 0 Å². The molecule has 2 aromatic rings. The van der Waals surface area contributed by atoms with E-state index >= 15 is 0 Å². The van der Waals surface area contributed by atoms with E-state index in [0.717, 1.165) is 12.2 Å². The van der Waals surface area contributed by atoms with Gasteiger partial charge in [0.25, 0.3) is 0 Å². The summed E-state index contributed by atoms with van der Waals surface area (Å²) in [6.07, 6.45) is 6.04. The highest BCUT2D eigenvalue weighted by Gasteiger charge is 1.93. The van der Waals surface area contributed by atoms with E-state index in [1.54, 1.807) is 0 Å². The Hall–Kier alpha value is -1.57. The van der Waals surface area contributed by atoms with Crippen molar-refractivity contribution in [1.82, 2.24) is 9.55 Å². The zero-order chi connectivity index (χ0) is 9.10. The first-order valence-corrected chi connectivity index (χ1v) is 4.37. The van der Waals surface area contributed by atoms with Crippen molar-refractivity contribution in [2.75, 3.05) is 0 Å². The van der Waals surface area contributed by atoms with Gasteiger partial charge in [-0.1, -0.05) is 6.07 Å². The average molecular weight is 172 g/mol. The van der Waals surface area contributed by atoms with Gasteiger partial charge >= 0.3 is 0 Å². The summed E-state index contributed by atoms with van der Waals surface area (Å²) in [5, 5.41) is 0. The Morgan fingerprint density at radius 1 is 1.23 bits per heavy atom. The molecule has 0 radical (unpaired) electrons. The van der Waals surface area contributed by atoms with E-state index in [1.807, 2.05) is 31.3 Å². The number of aromatic nitrogens is 2. The van der Waals surface area contributed by atoms with Crippen LogP contribution in [0.1, 0.15) is 11.3 Å². The zero-order valence-electron chi connectivity index (χ0n) is 7.64. The number of pyridine rings is 1. The van der Waals surface area contributed by atoms with Crippen LogP contribution in [0.4, 0.5) is 0 Å². The van der Waals surface area contributed by atoms with Crippen LogP contribution in [0.2, 0.25) is 0 Å². The highest BCUT2D eigenvalue weighted by Crippen LogP contribution is 2.02. The first kappa shape index (κ1) is 8.05. The summed E-state index contributed by atoms with van der Waals surface area (Å²) in [5.41, 5.74) is 2.30. The zero-order valence-corrected chi connectivity index (χ0v) is 7.64. The second-order valence-electron chi connectivity index (χ2n) is 3.16. The number of rotatable bonds is 2. The minimum absolute atomic E-state index is 0.903. The van der Waals surface area contributed by atoms with Crippen molar-refractivity contribution < 1.29 is 0 Å². The van der Waals surface area contributed by atoms with Gasteiger partial charge in [0.15, 0.2) is 0 Å². The Morgan fingerprint density at radius 2 is 2.00 bits per heavy atom. The van der Waals surface area contributed by atoms with Gasteiger partial charge in [-0.2, -0.15) is 0 Å². The van der Waals surface area contributed by atoms with Gasteiger partial charge in [-0.05, 0) is 30.7 Å². The largest absolute Gasteiger partial charge is 0.350 e. The summed E-state index contributed by atoms with van der Waals surface area (Å²) >= 11 is 0. The molecule has 0 amide bonds. The van der Waals surface area contributed by atoms with Gasteiger partial charge in [0.05, 0.1) is 0 Å². The summed E-state index contributed by atoms with van der Waals surface area (Å²) in [5.74, 6) is 0.